The number of anilines is 1. The first-order chi connectivity index (χ1) is 12.4. The lowest BCUT2D eigenvalue weighted by molar-refractivity contribution is 0.0984. The van der Waals surface area contributed by atoms with Crippen molar-refractivity contribution in [1.82, 2.24) is 9.29 Å². The molecule has 0 spiro atoms. The molecule has 0 saturated heterocycles. The molecule has 0 unspecified atom stereocenters. The van der Waals surface area contributed by atoms with Gasteiger partial charge in [-0.25, -0.2) is 13.4 Å². The minimum absolute atomic E-state index is 0.160. The Kier molecular flexibility index (Phi) is 5.11. The summed E-state index contributed by atoms with van der Waals surface area (Å²) in [4.78, 5) is 19.0. The van der Waals surface area contributed by atoms with E-state index < -0.39 is 10.0 Å². The first-order valence-electron chi connectivity index (χ1n) is 8.77. The Labute approximate surface area is 154 Å². The zero-order valence-electron chi connectivity index (χ0n) is 15.3. The number of nitrogens with zero attached hydrogens (tertiary/aromatic N) is 3. The summed E-state index contributed by atoms with van der Waals surface area (Å²) in [6, 6.07) is 10.4. The lowest BCUT2D eigenvalue weighted by Crippen LogP contribution is -2.31. The van der Waals surface area contributed by atoms with E-state index in [1.807, 2.05) is 32.9 Å². The van der Waals surface area contributed by atoms with Crippen molar-refractivity contribution in [2.45, 2.75) is 32.1 Å². The number of sulfonamides is 1. The number of amides is 1. The van der Waals surface area contributed by atoms with Gasteiger partial charge in [0.15, 0.2) is 0 Å². The molecule has 0 atom stereocenters. The second-order valence-corrected chi connectivity index (χ2v) is 8.19. The van der Waals surface area contributed by atoms with Crippen LogP contribution in [0, 0.1) is 6.92 Å². The Balaban J connectivity index is 1.93. The summed E-state index contributed by atoms with van der Waals surface area (Å²) in [6.45, 7) is 6.88. The van der Waals surface area contributed by atoms with Crippen LogP contribution >= 0.6 is 0 Å². The standard InChI is InChI=1S/C19H23N3O3S/c1-4-21(5-2)26(24,25)16-9-10-18-15(13-16)11-12-22(18)19(23)17-8-6-7-14(3)20-17/h6-10,13H,4-5,11-12H2,1-3H3. The summed E-state index contributed by atoms with van der Waals surface area (Å²) in [5.74, 6) is -0.160. The van der Waals surface area contributed by atoms with Gasteiger partial charge in [0.1, 0.15) is 5.69 Å². The molecule has 26 heavy (non-hydrogen) atoms. The highest BCUT2D eigenvalue weighted by molar-refractivity contribution is 7.89. The van der Waals surface area contributed by atoms with E-state index >= 15 is 0 Å². The molecule has 0 bridgehead atoms. The van der Waals surface area contributed by atoms with Crippen LogP contribution in [-0.2, 0) is 16.4 Å². The van der Waals surface area contributed by atoms with Gasteiger partial charge in [-0.15, -0.1) is 0 Å². The largest absolute Gasteiger partial charge is 0.306 e. The van der Waals surface area contributed by atoms with Crippen LogP contribution in [0.5, 0.6) is 0 Å². The maximum atomic E-state index is 12.8. The molecule has 1 aliphatic rings. The highest BCUT2D eigenvalue weighted by Gasteiger charge is 2.29. The van der Waals surface area contributed by atoms with Crippen molar-refractivity contribution >= 4 is 21.6 Å². The molecule has 1 aliphatic heterocycles. The third-order valence-electron chi connectivity index (χ3n) is 4.64. The number of hydrogen-bond acceptors (Lipinski definition) is 4. The van der Waals surface area contributed by atoms with E-state index in [0.29, 0.717) is 31.7 Å². The summed E-state index contributed by atoms with van der Waals surface area (Å²) in [5, 5.41) is 0. The van der Waals surface area contributed by atoms with Crippen LogP contribution in [-0.4, -0.2) is 43.2 Å². The highest BCUT2D eigenvalue weighted by atomic mass is 32.2. The van der Waals surface area contributed by atoms with Gasteiger partial charge in [-0.3, -0.25) is 4.79 Å². The van der Waals surface area contributed by atoms with Crippen LogP contribution in [0.25, 0.3) is 0 Å². The smallest absolute Gasteiger partial charge is 0.276 e. The molecule has 2 heterocycles. The third kappa shape index (κ3) is 3.24. The van der Waals surface area contributed by atoms with Gasteiger partial charge in [-0.05, 0) is 49.2 Å². The quantitative estimate of drug-likeness (QED) is 0.808. The molecule has 0 aliphatic carbocycles. The van der Waals surface area contributed by atoms with Crippen molar-refractivity contribution < 1.29 is 13.2 Å². The van der Waals surface area contributed by atoms with Gasteiger partial charge >= 0.3 is 0 Å². The number of aryl methyl sites for hydroxylation is 1. The summed E-state index contributed by atoms with van der Waals surface area (Å²) < 4.78 is 26.8. The molecular formula is C19H23N3O3S. The molecule has 138 valence electrons. The van der Waals surface area contributed by atoms with Gasteiger partial charge in [0.05, 0.1) is 4.90 Å². The van der Waals surface area contributed by atoms with Gasteiger partial charge < -0.3 is 4.90 Å². The molecular weight excluding hydrogens is 350 g/mol. The van der Waals surface area contributed by atoms with Crippen LogP contribution < -0.4 is 4.90 Å². The van der Waals surface area contributed by atoms with Crippen LogP contribution in [0.4, 0.5) is 5.69 Å². The van der Waals surface area contributed by atoms with Crippen molar-refractivity contribution in [3.63, 3.8) is 0 Å². The fourth-order valence-corrected chi connectivity index (χ4v) is 4.77. The van der Waals surface area contributed by atoms with Crippen molar-refractivity contribution in [3.8, 4) is 0 Å². The van der Waals surface area contributed by atoms with Gasteiger partial charge in [0, 0.05) is 31.0 Å². The highest BCUT2D eigenvalue weighted by Crippen LogP contribution is 2.32. The Morgan fingerprint density at radius 3 is 2.58 bits per heavy atom. The topological polar surface area (TPSA) is 70.6 Å². The fourth-order valence-electron chi connectivity index (χ4n) is 3.26. The lowest BCUT2D eigenvalue weighted by atomic mass is 10.2. The zero-order chi connectivity index (χ0) is 18.9. The number of aromatic nitrogens is 1. The molecule has 3 rings (SSSR count). The van der Waals surface area contributed by atoms with Crippen LogP contribution in [0.1, 0.15) is 35.6 Å². The second-order valence-electron chi connectivity index (χ2n) is 6.25. The monoisotopic (exact) mass is 373 g/mol. The summed E-state index contributed by atoms with van der Waals surface area (Å²) in [7, 11) is -3.50. The van der Waals surface area contributed by atoms with Gasteiger partial charge in [-0.2, -0.15) is 4.31 Å². The van der Waals surface area contributed by atoms with Crippen molar-refractivity contribution in [2.75, 3.05) is 24.5 Å². The van der Waals surface area contributed by atoms with Gasteiger partial charge in [0.2, 0.25) is 10.0 Å². The van der Waals surface area contributed by atoms with E-state index in [4.69, 9.17) is 0 Å². The molecule has 0 saturated carbocycles. The van der Waals surface area contributed by atoms with E-state index in [1.54, 1.807) is 29.2 Å². The Morgan fingerprint density at radius 2 is 1.92 bits per heavy atom. The number of carbonyl (C=O) groups is 1. The Morgan fingerprint density at radius 1 is 1.19 bits per heavy atom. The minimum atomic E-state index is -3.50. The fraction of sp³-hybridized carbons (Fsp3) is 0.368. The van der Waals surface area contributed by atoms with E-state index in [0.717, 1.165) is 16.9 Å². The summed E-state index contributed by atoms with van der Waals surface area (Å²) in [5.41, 5.74) is 2.82. The molecule has 0 radical (unpaired) electrons. The number of pyridine rings is 1. The van der Waals surface area contributed by atoms with Crippen LogP contribution in [0.2, 0.25) is 0 Å². The maximum absolute atomic E-state index is 12.8. The Hall–Kier alpha value is -2.25. The van der Waals surface area contributed by atoms with Crippen molar-refractivity contribution in [3.05, 3.63) is 53.3 Å². The molecule has 6 nitrogen and oxygen atoms in total. The van der Waals surface area contributed by atoms with Crippen LogP contribution in [0.15, 0.2) is 41.3 Å². The summed E-state index contributed by atoms with van der Waals surface area (Å²) in [6.07, 6.45) is 0.633. The van der Waals surface area contributed by atoms with E-state index in [1.165, 1.54) is 4.31 Å². The second kappa shape index (κ2) is 7.17. The number of carbonyl (C=O) groups excluding carboxylic acids is 1. The lowest BCUT2D eigenvalue weighted by Gasteiger charge is -2.20. The average molecular weight is 373 g/mol. The SMILES string of the molecule is CCN(CC)S(=O)(=O)c1ccc2c(c1)CCN2C(=O)c1cccc(C)n1. The number of fused-ring (bicyclic) bond motifs is 1. The maximum Gasteiger partial charge on any atom is 0.276 e. The predicted octanol–water partition coefficient (Wildman–Crippen LogP) is 2.62. The molecule has 1 aromatic heterocycles. The number of rotatable bonds is 5. The minimum Gasteiger partial charge on any atom is -0.306 e. The van der Waals surface area contributed by atoms with Crippen LogP contribution in [0.3, 0.4) is 0 Å². The normalized spacial score (nSPS) is 13.9. The van der Waals surface area contributed by atoms with E-state index in [-0.39, 0.29) is 10.8 Å². The number of benzene rings is 1. The van der Waals surface area contributed by atoms with Gasteiger partial charge in [-0.1, -0.05) is 19.9 Å². The molecule has 1 aromatic carbocycles. The van der Waals surface area contributed by atoms with Crippen molar-refractivity contribution in [2.24, 2.45) is 0 Å². The molecule has 7 heteroatoms. The van der Waals surface area contributed by atoms with E-state index in [9.17, 15) is 13.2 Å². The number of hydrogen-bond donors (Lipinski definition) is 0. The molecule has 1 amide bonds. The van der Waals surface area contributed by atoms with Crippen molar-refractivity contribution in [1.29, 1.82) is 0 Å². The Bertz CT molecular complexity index is 937. The predicted molar refractivity (Wildman–Crippen MR) is 101 cm³/mol. The summed E-state index contributed by atoms with van der Waals surface area (Å²) >= 11 is 0. The van der Waals surface area contributed by atoms with E-state index in [2.05, 4.69) is 4.98 Å². The average Bonchev–Trinajstić information content (AvgIpc) is 3.05. The molecule has 2 aromatic rings. The zero-order valence-corrected chi connectivity index (χ0v) is 16.1. The third-order valence-corrected chi connectivity index (χ3v) is 6.69. The first-order valence-corrected chi connectivity index (χ1v) is 10.2. The molecule has 0 N–H and O–H groups in total. The van der Waals surface area contributed by atoms with Gasteiger partial charge in [0.25, 0.3) is 5.91 Å². The first kappa shape index (κ1) is 18.5. The molecule has 0 fully saturated rings.